The van der Waals surface area contributed by atoms with Crippen molar-refractivity contribution in [2.24, 2.45) is 0 Å². The van der Waals surface area contributed by atoms with Crippen molar-refractivity contribution >= 4 is 33.7 Å². The molecule has 0 bridgehead atoms. The zero-order valence-electron chi connectivity index (χ0n) is 16.4. The Morgan fingerprint density at radius 1 is 0.839 bits per heavy atom. The van der Waals surface area contributed by atoms with Crippen molar-refractivity contribution in [3.8, 4) is 11.3 Å². The molecule has 0 atom stereocenters. The molecule has 1 N–H and O–H groups in total. The Hall–Kier alpha value is -4.32. The third-order valence-corrected chi connectivity index (χ3v) is 5.04. The molecule has 0 aliphatic rings. The third-order valence-electron chi connectivity index (χ3n) is 5.04. The average Bonchev–Trinajstić information content (AvgIpc) is 3.22. The number of esters is 1. The molecule has 0 saturated carbocycles. The monoisotopic (exact) mass is 407 g/mol. The number of nitrogens with one attached hydrogen (secondary N) is 1. The molecule has 3 aromatic carbocycles. The van der Waals surface area contributed by atoms with E-state index < -0.39 is 12.6 Å². The van der Waals surface area contributed by atoms with E-state index >= 15 is 0 Å². The van der Waals surface area contributed by atoms with Crippen LogP contribution >= 0.6 is 0 Å². The second kappa shape index (κ2) is 7.84. The van der Waals surface area contributed by atoms with E-state index in [0.717, 1.165) is 16.5 Å². The predicted molar refractivity (Wildman–Crippen MR) is 118 cm³/mol. The smallest absolute Gasteiger partial charge is 0.359 e. The van der Waals surface area contributed by atoms with Crippen LogP contribution in [0.25, 0.3) is 33.2 Å². The largest absolute Gasteiger partial charge is 0.453 e. The summed E-state index contributed by atoms with van der Waals surface area (Å²) in [5.41, 5.74) is 4.26. The van der Waals surface area contributed by atoms with Crippen molar-refractivity contribution in [1.82, 2.24) is 15.0 Å². The number of ketones is 1. The normalized spacial score (nSPS) is 11.0. The van der Waals surface area contributed by atoms with Crippen LogP contribution in [-0.2, 0) is 4.74 Å². The number of hydrogen-bond donors (Lipinski definition) is 1. The summed E-state index contributed by atoms with van der Waals surface area (Å²) in [6, 6.07) is 24.4. The Labute approximate surface area is 177 Å². The van der Waals surface area contributed by atoms with Gasteiger partial charge in [0.05, 0.1) is 28.5 Å². The van der Waals surface area contributed by atoms with Gasteiger partial charge >= 0.3 is 5.97 Å². The minimum atomic E-state index is -0.687. The third kappa shape index (κ3) is 3.55. The maximum atomic E-state index is 13.1. The fourth-order valence-electron chi connectivity index (χ4n) is 3.59. The fourth-order valence-corrected chi connectivity index (χ4v) is 3.59. The summed E-state index contributed by atoms with van der Waals surface area (Å²) in [5.74, 6) is -0.980. The van der Waals surface area contributed by atoms with Gasteiger partial charge in [-0.25, -0.2) is 9.78 Å². The zero-order chi connectivity index (χ0) is 21.2. The van der Waals surface area contributed by atoms with Gasteiger partial charge in [-0.05, 0) is 23.8 Å². The topological polar surface area (TPSA) is 84.9 Å². The Balaban J connectivity index is 1.43. The Bertz CT molecular complexity index is 1420. The van der Waals surface area contributed by atoms with E-state index in [4.69, 9.17) is 4.74 Å². The van der Waals surface area contributed by atoms with Gasteiger partial charge in [-0.1, -0.05) is 60.7 Å². The molecular formula is C25H17N3O3. The summed E-state index contributed by atoms with van der Waals surface area (Å²) in [5, 5.41) is 0.785. The number of para-hydroxylation sites is 3. The number of hydrogen-bond acceptors (Lipinski definition) is 5. The van der Waals surface area contributed by atoms with E-state index in [9.17, 15) is 9.59 Å². The molecule has 0 amide bonds. The van der Waals surface area contributed by atoms with E-state index in [2.05, 4.69) is 15.0 Å². The van der Waals surface area contributed by atoms with Crippen molar-refractivity contribution in [3.63, 3.8) is 0 Å². The SMILES string of the molecule is O=C(OCC(=O)c1c(-c2ccccc2)[nH]c2ccccc12)c1cnc2ccccc2n1. The quantitative estimate of drug-likeness (QED) is 0.334. The van der Waals surface area contributed by atoms with Crippen LogP contribution in [0.4, 0.5) is 0 Å². The van der Waals surface area contributed by atoms with E-state index in [0.29, 0.717) is 22.3 Å². The molecule has 0 radical (unpaired) electrons. The number of fused-ring (bicyclic) bond motifs is 2. The van der Waals surface area contributed by atoms with E-state index in [-0.39, 0.29) is 11.5 Å². The van der Waals surface area contributed by atoms with Crippen LogP contribution in [0, 0.1) is 0 Å². The number of nitrogens with zero attached hydrogens (tertiary/aromatic N) is 2. The number of aromatic amines is 1. The lowest BCUT2D eigenvalue weighted by Crippen LogP contribution is -2.16. The van der Waals surface area contributed by atoms with Crippen molar-refractivity contribution in [1.29, 1.82) is 0 Å². The molecule has 0 aliphatic carbocycles. The van der Waals surface area contributed by atoms with Gasteiger partial charge in [0.15, 0.2) is 12.3 Å². The molecule has 31 heavy (non-hydrogen) atoms. The van der Waals surface area contributed by atoms with Gasteiger partial charge < -0.3 is 9.72 Å². The molecule has 0 aliphatic heterocycles. The number of H-pyrrole nitrogens is 1. The molecular weight excluding hydrogens is 390 g/mol. The molecule has 6 heteroatoms. The van der Waals surface area contributed by atoms with Crippen molar-refractivity contribution in [2.45, 2.75) is 0 Å². The van der Waals surface area contributed by atoms with Crippen molar-refractivity contribution < 1.29 is 14.3 Å². The maximum Gasteiger partial charge on any atom is 0.359 e. The lowest BCUT2D eigenvalue weighted by molar-refractivity contribution is 0.0469. The van der Waals surface area contributed by atoms with Crippen LogP contribution in [0.5, 0.6) is 0 Å². The highest BCUT2D eigenvalue weighted by Gasteiger charge is 2.21. The highest BCUT2D eigenvalue weighted by Crippen LogP contribution is 2.30. The number of Topliss-reactive ketones (excluding diaryl/α,β-unsaturated/α-hetero) is 1. The summed E-state index contributed by atoms with van der Waals surface area (Å²) >= 11 is 0. The Morgan fingerprint density at radius 2 is 1.55 bits per heavy atom. The molecule has 0 spiro atoms. The summed E-state index contributed by atoms with van der Waals surface area (Å²) < 4.78 is 5.30. The van der Waals surface area contributed by atoms with Gasteiger partial charge in [-0.2, -0.15) is 0 Å². The zero-order valence-corrected chi connectivity index (χ0v) is 16.4. The fraction of sp³-hybridized carbons (Fsp3) is 0.0400. The minimum absolute atomic E-state index is 0.0636. The lowest BCUT2D eigenvalue weighted by atomic mass is 10.0. The molecule has 5 aromatic rings. The van der Waals surface area contributed by atoms with Crippen LogP contribution in [0.1, 0.15) is 20.8 Å². The summed E-state index contributed by atoms with van der Waals surface area (Å²) in [7, 11) is 0. The molecule has 5 rings (SSSR count). The first-order valence-corrected chi connectivity index (χ1v) is 9.79. The second-order valence-electron chi connectivity index (χ2n) is 7.03. The number of aromatic nitrogens is 3. The number of benzene rings is 3. The maximum absolute atomic E-state index is 13.1. The Kier molecular flexibility index (Phi) is 4.72. The molecule has 0 fully saturated rings. The first-order valence-electron chi connectivity index (χ1n) is 9.79. The summed E-state index contributed by atoms with van der Waals surface area (Å²) in [6.45, 7) is -0.394. The minimum Gasteiger partial charge on any atom is -0.453 e. The van der Waals surface area contributed by atoms with Crippen molar-refractivity contribution in [2.75, 3.05) is 6.61 Å². The van der Waals surface area contributed by atoms with Crippen molar-refractivity contribution in [3.05, 3.63) is 96.3 Å². The molecule has 150 valence electrons. The van der Waals surface area contributed by atoms with Gasteiger partial charge in [0.1, 0.15) is 0 Å². The van der Waals surface area contributed by atoms with Gasteiger partial charge in [0.25, 0.3) is 0 Å². The summed E-state index contributed by atoms with van der Waals surface area (Å²) in [6.07, 6.45) is 1.36. The highest BCUT2D eigenvalue weighted by atomic mass is 16.5. The van der Waals surface area contributed by atoms with Crippen LogP contribution in [0.2, 0.25) is 0 Å². The molecule has 2 aromatic heterocycles. The van der Waals surface area contributed by atoms with E-state index in [1.165, 1.54) is 6.20 Å². The number of rotatable bonds is 5. The number of ether oxygens (including phenoxy) is 1. The van der Waals surface area contributed by atoms with Gasteiger partial charge in [0, 0.05) is 10.9 Å². The van der Waals surface area contributed by atoms with Crippen LogP contribution in [0.15, 0.2) is 85.1 Å². The van der Waals surface area contributed by atoms with Crippen LogP contribution in [-0.4, -0.2) is 33.3 Å². The number of carbonyl (C=O) groups excluding carboxylic acids is 2. The van der Waals surface area contributed by atoms with Gasteiger partial charge in [-0.3, -0.25) is 9.78 Å². The van der Waals surface area contributed by atoms with E-state index in [1.54, 1.807) is 6.07 Å². The average molecular weight is 407 g/mol. The summed E-state index contributed by atoms with van der Waals surface area (Å²) in [4.78, 5) is 37.4. The number of carbonyl (C=O) groups is 2. The lowest BCUT2D eigenvalue weighted by Gasteiger charge is -2.07. The second-order valence-corrected chi connectivity index (χ2v) is 7.03. The predicted octanol–water partition coefficient (Wildman–Crippen LogP) is 4.82. The Morgan fingerprint density at radius 3 is 2.39 bits per heavy atom. The van der Waals surface area contributed by atoms with Crippen LogP contribution in [0.3, 0.4) is 0 Å². The first-order chi connectivity index (χ1) is 15.2. The highest BCUT2D eigenvalue weighted by molar-refractivity contribution is 6.14. The molecule has 6 nitrogen and oxygen atoms in total. The van der Waals surface area contributed by atoms with Gasteiger partial charge in [0.2, 0.25) is 5.78 Å². The van der Waals surface area contributed by atoms with Gasteiger partial charge in [-0.15, -0.1) is 0 Å². The standard InChI is InChI=1S/C25H17N3O3/c29-22(15-31-25(30)21-14-26-19-12-6-7-13-20(19)27-21)23-17-10-4-5-11-18(17)28-24(23)16-8-2-1-3-9-16/h1-14,28H,15H2. The molecule has 0 saturated heterocycles. The first kappa shape index (κ1) is 18.7. The molecule has 0 unspecified atom stereocenters. The van der Waals surface area contributed by atoms with Crippen LogP contribution < -0.4 is 0 Å². The van der Waals surface area contributed by atoms with E-state index in [1.807, 2.05) is 72.8 Å². The molecule has 2 heterocycles.